The molecule has 1 aromatic heterocycles. The van der Waals surface area contributed by atoms with E-state index in [2.05, 4.69) is 16.0 Å². The minimum absolute atomic E-state index is 0.0274. The van der Waals surface area contributed by atoms with Crippen LogP contribution in [-0.2, 0) is 0 Å². The number of benzene rings is 1. The smallest absolute Gasteiger partial charge is 0.338 e. The Morgan fingerprint density at radius 1 is 1.32 bits per heavy atom. The van der Waals surface area contributed by atoms with Crippen LogP contribution in [0.3, 0.4) is 0 Å². The molecule has 0 radical (unpaired) electrons. The van der Waals surface area contributed by atoms with Gasteiger partial charge in [-0.25, -0.2) is 14.8 Å². The zero-order valence-corrected chi connectivity index (χ0v) is 12.1. The normalized spacial score (nSPS) is 11.5. The van der Waals surface area contributed by atoms with Gasteiger partial charge in [0.05, 0.1) is 18.2 Å². The van der Waals surface area contributed by atoms with Gasteiger partial charge >= 0.3 is 5.97 Å². The van der Waals surface area contributed by atoms with Crippen molar-refractivity contribution < 1.29 is 14.6 Å². The first kappa shape index (κ1) is 15.4. The molecule has 0 saturated heterocycles. The fourth-order valence-electron chi connectivity index (χ4n) is 1.71. The van der Waals surface area contributed by atoms with Crippen LogP contribution in [0.2, 0.25) is 0 Å². The van der Waals surface area contributed by atoms with Gasteiger partial charge in [0.2, 0.25) is 0 Å². The van der Waals surface area contributed by atoms with Gasteiger partial charge < -0.3 is 9.84 Å². The van der Waals surface area contributed by atoms with E-state index in [0.717, 1.165) is 5.56 Å². The van der Waals surface area contributed by atoms with E-state index in [4.69, 9.17) is 15.1 Å². The number of carboxylic acid groups (broad SMARTS) is 1. The van der Waals surface area contributed by atoms with E-state index in [1.165, 1.54) is 12.4 Å². The lowest BCUT2D eigenvalue weighted by Crippen LogP contribution is -2.02. The summed E-state index contributed by atoms with van der Waals surface area (Å²) in [6.07, 6.45) is 3.23. The molecule has 0 aliphatic heterocycles. The van der Waals surface area contributed by atoms with Gasteiger partial charge in [0.1, 0.15) is 5.75 Å². The molecular weight excluding hydrogens is 282 g/mol. The third-order valence-electron chi connectivity index (χ3n) is 3.05. The molecule has 6 heteroatoms. The van der Waals surface area contributed by atoms with E-state index in [1.807, 2.05) is 6.92 Å². The van der Waals surface area contributed by atoms with Crippen LogP contribution in [0, 0.1) is 17.2 Å². The molecule has 0 bridgehead atoms. The molecule has 0 aliphatic rings. The molecule has 0 amide bonds. The van der Waals surface area contributed by atoms with Gasteiger partial charge in [0.25, 0.3) is 0 Å². The second-order valence-electron chi connectivity index (χ2n) is 4.79. The maximum absolute atomic E-state index is 10.7. The second kappa shape index (κ2) is 7.18. The average molecular weight is 297 g/mol. The first-order valence-corrected chi connectivity index (χ1v) is 6.78. The van der Waals surface area contributed by atoms with E-state index in [-0.39, 0.29) is 11.5 Å². The van der Waals surface area contributed by atoms with Gasteiger partial charge in [-0.2, -0.15) is 5.26 Å². The number of rotatable bonds is 6. The predicted molar refractivity (Wildman–Crippen MR) is 79.3 cm³/mol. The summed E-state index contributed by atoms with van der Waals surface area (Å²) in [6.45, 7) is 2.34. The maximum atomic E-state index is 10.7. The van der Waals surface area contributed by atoms with Crippen LogP contribution in [-0.4, -0.2) is 27.7 Å². The molecule has 0 aliphatic carbocycles. The SMILES string of the molecule is CC(C#N)CCOc1ccc(-c2ncc(C(=O)O)cn2)cc1. The molecule has 1 heterocycles. The Kier molecular flexibility index (Phi) is 5.04. The Hall–Kier alpha value is -2.94. The molecule has 112 valence electrons. The highest BCUT2D eigenvalue weighted by molar-refractivity contribution is 5.86. The Morgan fingerprint density at radius 3 is 2.50 bits per heavy atom. The molecule has 1 aromatic carbocycles. The van der Waals surface area contributed by atoms with Crippen molar-refractivity contribution in [2.45, 2.75) is 13.3 Å². The number of nitrogens with zero attached hydrogens (tertiary/aromatic N) is 3. The van der Waals surface area contributed by atoms with Crippen LogP contribution in [0.25, 0.3) is 11.4 Å². The van der Waals surface area contributed by atoms with Gasteiger partial charge in [-0.1, -0.05) is 0 Å². The summed E-state index contributed by atoms with van der Waals surface area (Å²) in [5.41, 5.74) is 0.824. The topological polar surface area (TPSA) is 96.1 Å². The Labute approximate surface area is 128 Å². The maximum Gasteiger partial charge on any atom is 0.338 e. The van der Waals surface area contributed by atoms with E-state index < -0.39 is 5.97 Å². The molecule has 0 spiro atoms. The summed E-state index contributed by atoms with van der Waals surface area (Å²) in [5.74, 6) is 0.0769. The lowest BCUT2D eigenvalue weighted by Gasteiger charge is -2.07. The number of aromatic carboxylic acids is 1. The molecule has 1 unspecified atom stereocenters. The summed E-state index contributed by atoms with van der Waals surface area (Å²) < 4.78 is 5.55. The standard InChI is InChI=1S/C16H15N3O3/c1-11(8-17)6-7-22-14-4-2-12(3-5-14)15-18-9-13(10-19-15)16(20)21/h2-5,9-11H,6-7H2,1H3,(H,20,21). The number of nitriles is 1. The van der Waals surface area contributed by atoms with Crippen LogP contribution in [0.1, 0.15) is 23.7 Å². The largest absolute Gasteiger partial charge is 0.494 e. The number of carboxylic acids is 1. The van der Waals surface area contributed by atoms with Crippen molar-refractivity contribution in [2.24, 2.45) is 5.92 Å². The van der Waals surface area contributed by atoms with Gasteiger partial charge in [0, 0.05) is 23.9 Å². The van der Waals surface area contributed by atoms with Gasteiger partial charge in [-0.05, 0) is 37.6 Å². The monoisotopic (exact) mass is 297 g/mol. The molecule has 0 saturated carbocycles. The van der Waals surface area contributed by atoms with Gasteiger partial charge in [-0.15, -0.1) is 0 Å². The number of carbonyl (C=O) groups is 1. The van der Waals surface area contributed by atoms with E-state index in [1.54, 1.807) is 24.3 Å². The van der Waals surface area contributed by atoms with Crippen molar-refractivity contribution in [2.75, 3.05) is 6.61 Å². The van der Waals surface area contributed by atoms with Crippen molar-refractivity contribution in [3.05, 3.63) is 42.2 Å². The number of hydrogen-bond donors (Lipinski definition) is 1. The van der Waals surface area contributed by atoms with E-state index >= 15 is 0 Å². The second-order valence-corrected chi connectivity index (χ2v) is 4.79. The molecule has 0 fully saturated rings. The van der Waals surface area contributed by atoms with Gasteiger partial charge in [0.15, 0.2) is 5.82 Å². The minimum Gasteiger partial charge on any atom is -0.494 e. The fraction of sp³-hybridized carbons (Fsp3) is 0.250. The summed E-state index contributed by atoms with van der Waals surface area (Å²) in [6, 6.07) is 9.35. The van der Waals surface area contributed by atoms with Crippen molar-refractivity contribution in [3.63, 3.8) is 0 Å². The highest BCUT2D eigenvalue weighted by Crippen LogP contribution is 2.19. The average Bonchev–Trinajstić information content (AvgIpc) is 2.55. The Balaban J connectivity index is 1.99. The third-order valence-corrected chi connectivity index (χ3v) is 3.05. The van der Waals surface area contributed by atoms with Crippen molar-refractivity contribution in [1.29, 1.82) is 5.26 Å². The van der Waals surface area contributed by atoms with Crippen LogP contribution in [0.5, 0.6) is 5.75 Å². The highest BCUT2D eigenvalue weighted by Gasteiger charge is 2.06. The fourth-order valence-corrected chi connectivity index (χ4v) is 1.71. The molecule has 1 N–H and O–H groups in total. The van der Waals surface area contributed by atoms with Crippen molar-refractivity contribution >= 4 is 5.97 Å². The zero-order chi connectivity index (χ0) is 15.9. The first-order valence-electron chi connectivity index (χ1n) is 6.78. The predicted octanol–water partition coefficient (Wildman–Crippen LogP) is 2.77. The Morgan fingerprint density at radius 2 is 1.95 bits per heavy atom. The number of aromatic nitrogens is 2. The van der Waals surface area contributed by atoms with Crippen LogP contribution < -0.4 is 4.74 Å². The quantitative estimate of drug-likeness (QED) is 0.880. The molecule has 6 nitrogen and oxygen atoms in total. The summed E-state index contributed by atoms with van der Waals surface area (Å²) in [4.78, 5) is 18.8. The van der Waals surface area contributed by atoms with E-state index in [9.17, 15) is 4.79 Å². The minimum atomic E-state index is -1.05. The van der Waals surface area contributed by atoms with Crippen LogP contribution in [0.15, 0.2) is 36.7 Å². The molecule has 2 rings (SSSR count). The molecule has 22 heavy (non-hydrogen) atoms. The van der Waals surface area contributed by atoms with Crippen LogP contribution in [0.4, 0.5) is 0 Å². The van der Waals surface area contributed by atoms with Gasteiger partial charge in [-0.3, -0.25) is 0 Å². The van der Waals surface area contributed by atoms with E-state index in [0.29, 0.717) is 24.6 Å². The van der Waals surface area contributed by atoms with Crippen molar-refractivity contribution in [3.8, 4) is 23.2 Å². The summed E-state index contributed by atoms with van der Waals surface area (Å²) in [7, 11) is 0. The molecule has 1 atom stereocenters. The lowest BCUT2D eigenvalue weighted by atomic mass is 10.1. The lowest BCUT2D eigenvalue weighted by molar-refractivity contribution is 0.0696. The van der Waals surface area contributed by atoms with Crippen LogP contribution >= 0.6 is 0 Å². The third kappa shape index (κ3) is 4.03. The summed E-state index contributed by atoms with van der Waals surface area (Å²) >= 11 is 0. The Bertz CT molecular complexity index is 675. The summed E-state index contributed by atoms with van der Waals surface area (Å²) in [5, 5.41) is 17.5. The first-order chi connectivity index (χ1) is 10.6. The highest BCUT2D eigenvalue weighted by atomic mass is 16.5. The molecular formula is C16H15N3O3. The molecule has 2 aromatic rings. The number of ether oxygens (including phenoxy) is 1. The zero-order valence-electron chi connectivity index (χ0n) is 12.1. The van der Waals surface area contributed by atoms with Crippen molar-refractivity contribution in [1.82, 2.24) is 9.97 Å². The number of hydrogen-bond acceptors (Lipinski definition) is 5.